The van der Waals surface area contributed by atoms with Gasteiger partial charge in [0, 0.05) is 40.5 Å². The zero-order chi connectivity index (χ0) is 27.6. The lowest BCUT2D eigenvalue weighted by Crippen LogP contribution is -2.35. The summed E-state index contributed by atoms with van der Waals surface area (Å²) >= 11 is 0. The van der Waals surface area contributed by atoms with E-state index in [0.717, 1.165) is 53.7 Å². The van der Waals surface area contributed by atoms with Gasteiger partial charge < -0.3 is 9.64 Å². The minimum atomic E-state index is -0.265. The smallest absolute Gasteiger partial charge is 0.278 e. The average molecular weight is 523 g/mol. The SMILES string of the molecule is COc1ccc(C)c(-c2nc3/c(=C\c4cc5c6c(c4C)CCCN6CCC5)c(C(C)(C)C)nn3c(=O)c2C)c1. The third-order valence-electron chi connectivity index (χ3n) is 8.54. The Balaban J connectivity index is 1.67. The number of anilines is 1. The van der Waals surface area contributed by atoms with E-state index in [4.69, 9.17) is 14.8 Å². The van der Waals surface area contributed by atoms with Crippen LogP contribution < -0.4 is 20.4 Å². The van der Waals surface area contributed by atoms with Gasteiger partial charge >= 0.3 is 0 Å². The monoisotopic (exact) mass is 522 g/mol. The van der Waals surface area contributed by atoms with Crippen LogP contribution in [0.1, 0.15) is 72.7 Å². The number of fused-ring (bicyclic) bond motifs is 1. The van der Waals surface area contributed by atoms with E-state index in [1.165, 1.54) is 45.3 Å². The second-order valence-corrected chi connectivity index (χ2v) is 12.2. The van der Waals surface area contributed by atoms with Crippen molar-refractivity contribution in [3.05, 3.63) is 78.9 Å². The fourth-order valence-electron chi connectivity index (χ4n) is 6.40. The molecule has 4 aromatic rings. The van der Waals surface area contributed by atoms with Gasteiger partial charge in [-0.05, 0) is 98.5 Å². The topological polar surface area (TPSA) is 59.7 Å². The molecule has 0 saturated heterocycles. The molecular formula is C33H38N4O2. The summed E-state index contributed by atoms with van der Waals surface area (Å²) in [5, 5.41) is 5.82. The van der Waals surface area contributed by atoms with Gasteiger partial charge in [0.1, 0.15) is 5.75 Å². The number of aryl methyl sites for hydroxylation is 2. The number of hydrogen-bond acceptors (Lipinski definition) is 5. The Hall–Kier alpha value is -3.67. The van der Waals surface area contributed by atoms with Crippen LogP contribution in [0, 0.1) is 20.8 Å². The second-order valence-electron chi connectivity index (χ2n) is 12.2. The minimum Gasteiger partial charge on any atom is -0.497 e. The maximum absolute atomic E-state index is 13.7. The molecule has 6 rings (SSSR count). The number of rotatable bonds is 3. The molecular weight excluding hydrogens is 484 g/mol. The molecule has 0 fully saturated rings. The van der Waals surface area contributed by atoms with Crippen LogP contribution in [-0.4, -0.2) is 34.8 Å². The summed E-state index contributed by atoms with van der Waals surface area (Å²) in [5.41, 5.74) is 11.3. The number of benzene rings is 2. The first-order valence-corrected chi connectivity index (χ1v) is 14.1. The summed E-state index contributed by atoms with van der Waals surface area (Å²) < 4.78 is 7.01. The standard InChI is InChI=1S/C33H38N4O2/c1-19-12-13-24(39-7)18-26(19)28-21(3)32(38)37-31(34-28)27(30(35-37)33(4,5)6)17-23-16-22-10-8-14-36-15-9-11-25(20(23)2)29(22)36/h12-13,16-18H,8-11,14-15H2,1-7H3/b27-17-. The summed E-state index contributed by atoms with van der Waals surface area (Å²) in [7, 11) is 1.66. The van der Waals surface area contributed by atoms with E-state index in [2.05, 4.69) is 44.7 Å². The first kappa shape index (κ1) is 25.6. The Labute approximate surface area is 230 Å². The van der Waals surface area contributed by atoms with Crippen molar-refractivity contribution in [1.29, 1.82) is 0 Å². The van der Waals surface area contributed by atoms with Crippen LogP contribution in [0.25, 0.3) is 23.0 Å². The molecule has 2 aliphatic heterocycles. The highest BCUT2D eigenvalue weighted by molar-refractivity contribution is 5.74. The predicted molar refractivity (Wildman–Crippen MR) is 158 cm³/mol. The van der Waals surface area contributed by atoms with E-state index in [9.17, 15) is 4.79 Å². The van der Waals surface area contributed by atoms with Crippen molar-refractivity contribution in [2.24, 2.45) is 0 Å². The molecule has 0 saturated carbocycles. The molecule has 0 amide bonds. The molecule has 2 aliphatic rings. The summed E-state index contributed by atoms with van der Waals surface area (Å²) in [6.07, 6.45) is 6.87. The first-order valence-electron chi connectivity index (χ1n) is 14.1. The lowest BCUT2D eigenvalue weighted by atomic mass is 9.85. The Morgan fingerprint density at radius 3 is 2.46 bits per heavy atom. The van der Waals surface area contributed by atoms with Crippen molar-refractivity contribution in [2.45, 2.75) is 72.6 Å². The molecule has 6 heteroatoms. The van der Waals surface area contributed by atoms with E-state index < -0.39 is 0 Å². The molecule has 4 heterocycles. The second kappa shape index (κ2) is 9.22. The molecule has 2 aromatic heterocycles. The Morgan fingerprint density at radius 1 is 1.00 bits per heavy atom. The van der Waals surface area contributed by atoms with Crippen LogP contribution >= 0.6 is 0 Å². The maximum Gasteiger partial charge on any atom is 0.278 e. The third kappa shape index (κ3) is 4.12. The van der Waals surface area contributed by atoms with Crippen LogP contribution in [0.5, 0.6) is 5.75 Å². The highest BCUT2D eigenvalue weighted by Crippen LogP contribution is 2.39. The maximum atomic E-state index is 13.7. The zero-order valence-corrected chi connectivity index (χ0v) is 24.2. The molecule has 2 aromatic carbocycles. The van der Waals surface area contributed by atoms with E-state index in [0.29, 0.717) is 16.9 Å². The zero-order valence-electron chi connectivity index (χ0n) is 24.2. The van der Waals surface area contributed by atoms with Gasteiger partial charge in [-0.1, -0.05) is 26.8 Å². The average Bonchev–Trinajstić information content (AvgIpc) is 3.28. The summed E-state index contributed by atoms with van der Waals surface area (Å²) in [6, 6.07) is 8.29. The van der Waals surface area contributed by atoms with Crippen LogP contribution in [0.3, 0.4) is 0 Å². The van der Waals surface area contributed by atoms with Gasteiger partial charge in [-0.2, -0.15) is 9.61 Å². The molecule has 0 aliphatic carbocycles. The summed E-state index contributed by atoms with van der Waals surface area (Å²) in [5.74, 6) is 0.743. The van der Waals surface area contributed by atoms with Crippen molar-refractivity contribution in [3.8, 4) is 17.0 Å². The Bertz CT molecular complexity index is 1740. The number of hydrogen-bond donors (Lipinski definition) is 0. The lowest BCUT2D eigenvalue weighted by molar-refractivity contribution is 0.415. The Morgan fingerprint density at radius 2 is 1.74 bits per heavy atom. The lowest BCUT2D eigenvalue weighted by Gasteiger charge is -2.38. The van der Waals surface area contributed by atoms with E-state index in [-0.39, 0.29) is 11.0 Å². The minimum absolute atomic E-state index is 0.129. The normalized spacial score (nSPS) is 15.7. The molecule has 0 radical (unpaired) electrons. The Kier molecular flexibility index (Phi) is 6.05. The fourth-order valence-corrected chi connectivity index (χ4v) is 6.40. The van der Waals surface area contributed by atoms with E-state index in [1.807, 2.05) is 32.0 Å². The number of methoxy groups -OCH3 is 1. The van der Waals surface area contributed by atoms with Crippen molar-refractivity contribution in [3.63, 3.8) is 0 Å². The van der Waals surface area contributed by atoms with E-state index in [1.54, 1.807) is 7.11 Å². The van der Waals surface area contributed by atoms with Crippen LogP contribution in [0.4, 0.5) is 5.69 Å². The molecule has 0 bridgehead atoms. The van der Waals surface area contributed by atoms with Crippen LogP contribution in [0.2, 0.25) is 0 Å². The summed E-state index contributed by atoms with van der Waals surface area (Å²) in [6.45, 7) is 14.9. The van der Waals surface area contributed by atoms with Crippen LogP contribution in [0.15, 0.2) is 29.1 Å². The molecule has 0 spiro atoms. The van der Waals surface area contributed by atoms with Crippen molar-refractivity contribution >= 4 is 17.4 Å². The number of aromatic nitrogens is 3. The quantitative estimate of drug-likeness (QED) is 0.369. The van der Waals surface area contributed by atoms with Gasteiger partial charge in [0.25, 0.3) is 5.56 Å². The molecule has 39 heavy (non-hydrogen) atoms. The fraction of sp³-hybridized carbons (Fsp3) is 0.424. The molecule has 6 nitrogen and oxygen atoms in total. The first-order chi connectivity index (χ1) is 18.6. The van der Waals surface area contributed by atoms with Gasteiger partial charge in [0.2, 0.25) is 0 Å². The third-order valence-corrected chi connectivity index (χ3v) is 8.54. The highest BCUT2D eigenvalue weighted by Gasteiger charge is 2.28. The van der Waals surface area contributed by atoms with Crippen molar-refractivity contribution in [2.75, 3.05) is 25.1 Å². The molecule has 202 valence electrons. The largest absolute Gasteiger partial charge is 0.497 e. The van der Waals surface area contributed by atoms with Gasteiger partial charge in [0.05, 0.1) is 18.5 Å². The van der Waals surface area contributed by atoms with Gasteiger partial charge in [0.15, 0.2) is 5.65 Å². The molecule has 0 unspecified atom stereocenters. The number of ether oxygens (including phenoxy) is 1. The summed E-state index contributed by atoms with van der Waals surface area (Å²) in [4.78, 5) is 21.5. The van der Waals surface area contributed by atoms with Gasteiger partial charge in [-0.15, -0.1) is 0 Å². The molecule has 0 atom stereocenters. The number of nitrogens with zero attached hydrogens (tertiary/aromatic N) is 4. The highest BCUT2D eigenvalue weighted by atomic mass is 16.5. The molecule has 0 N–H and O–H groups in total. The van der Waals surface area contributed by atoms with Gasteiger partial charge in [-0.25, -0.2) is 4.98 Å². The van der Waals surface area contributed by atoms with Crippen molar-refractivity contribution in [1.82, 2.24) is 14.6 Å². The van der Waals surface area contributed by atoms with E-state index >= 15 is 0 Å². The van der Waals surface area contributed by atoms with Gasteiger partial charge in [-0.3, -0.25) is 4.79 Å². The van der Waals surface area contributed by atoms with Crippen molar-refractivity contribution < 1.29 is 4.74 Å². The van der Waals surface area contributed by atoms with Crippen LogP contribution in [-0.2, 0) is 18.3 Å². The predicted octanol–water partition coefficient (Wildman–Crippen LogP) is 5.23.